The number of anilines is 1. The molecule has 6 nitrogen and oxygen atoms in total. The van der Waals surface area contributed by atoms with E-state index in [1.807, 2.05) is 6.92 Å². The highest BCUT2D eigenvalue weighted by molar-refractivity contribution is 7.89. The van der Waals surface area contributed by atoms with Crippen molar-refractivity contribution in [3.05, 3.63) is 39.8 Å². The van der Waals surface area contributed by atoms with Gasteiger partial charge in [0.15, 0.2) is 0 Å². The number of carbonyl (C=O) groups is 1. The minimum absolute atomic E-state index is 0.0868. The maximum atomic E-state index is 12.5. The highest BCUT2D eigenvalue weighted by atomic mass is 32.2. The highest BCUT2D eigenvalue weighted by Gasteiger charge is 2.23. The Morgan fingerprint density at radius 2 is 2.12 bits per heavy atom. The maximum Gasteiger partial charge on any atom is 0.241 e. The SMILES string of the molecule is Cc1ncc(CNS(=O)(=O)c2ccc(N3CCCC3=O)cc2C)s1. The van der Waals surface area contributed by atoms with Crippen LogP contribution < -0.4 is 9.62 Å². The number of aryl methyl sites for hydroxylation is 2. The number of amides is 1. The maximum absolute atomic E-state index is 12.5. The van der Waals surface area contributed by atoms with Crippen molar-refractivity contribution in [2.45, 2.75) is 38.1 Å². The van der Waals surface area contributed by atoms with Crippen LogP contribution in [0.4, 0.5) is 5.69 Å². The molecule has 0 atom stereocenters. The Hall–Kier alpha value is -1.77. The normalized spacial score (nSPS) is 15.2. The standard InChI is InChI=1S/C16H19N3O3S2/c1-11-8-13(19-7-3-4-16(19)20)5-6-15(11)24(21,22)18-10-14-9-17-12(2)23-14/h5-6,8-9,18H,3-4,7,10H2,1-2H3. The van der Waals surface area contributed by atoms with E-state index in [0.717, 1.165) is 22.0 Å². The number of hydrogen-bond donors (Lipinski definition) is 1. The van der Waals surface area contributed by atoms with Crippen LogP contribution in [0.1, 0.15) is 28.3 Å². The molecule has 0 radical (unpaired) electrons. The minimum atomic E-state index is -3.61. The first-order chi connectivity index (χ1) is 11.4. The molecule has 0 spiro atoms. The third-order valence-electron chi connectivity index (χ3n) is 3.94. The van der Waals surface area contributed by atoms with Crippen LogP contribution in [0.25, 0.3) is 0 Å². The van der Waals surface area contributed by atoms with Gasteiger partial charge >= 0.3 is 0 Å². The molecule has 2 heterocycles. The lowest BCUT2D eigenvalue weighted by Crippen LogP contribution is -2.25. The molecule has 0 aliphatic carbocycles. The number of thiazole rings is 1. The van der Waals surface area contributed by atoms with Gasteiger partial charge in [0.2, 0.25) is 15.9 Å². The zero-order valence-electron chi connectivity index (χ0n) is 13.6. The van der Waals surface area contributed by atoms with Gasteiger partial charge in [-0.3, -0.25) is 4.79 Å². The lowest BCUT2D eigenvalue weighted by Gasteiger charge is -2.17. The molecule has 24 heavy (non-hydrogen) atoms. The fourth-order valence-electron chi connectivity index (χ4n) is 2.76. The van der Waals surface area contributed by atoms with Crippen LogP contribution in [0, 0.1) is 13.8 Å². The monoisotopic (exact) mass is 365 g/mol. The fraction of sp³-hybridized carbons (Fsp3) is 0.375. The van der Waals surface area contributed by atoms with Gasteiger partial charge in [0.25, 0.3) is 0 Å². The largest absolute Gasteiger partial charge is 0.312 e. The van der Waals surface area contributed by atoms with Crippen molar-refractivity contribution in [1.82, 2.24) is 9.71 Å². The van der Waals surface area contributed by atoms with E-state index < -0.39 is 10.0 Å². The number of rotatable bonds is 5. The second-order valence-corrected chi connectivity index (χ2v) is 8.82. The molecule has 1 aliphatic heterocycles. The second-order valence-electron chi connectivity index (χ2n) is 5.77. The Balaban J connectivity index is 1.79. The Kier molecular flexibility index (Phi) is 4.71. The summed E-state index contributed by atoms with van der Waals surface area (Å²) in [6, 6.07) is 5.02. The molecule has 1 N–H and O–H groups in total. The topological polar surface area (TPSA) is 79.4 Å². The number of nitrogens with one attached hydrogen (secondary N) is 1. The molecular formula is C16H19N3O3S2. The molecule has 0 unspecified atom stereocenters. The predicted molar refractivity (Wildman–Crippen MR) is 93.6 cm³/mol. The van der Waals surface area contributed by atoms with Crippen molar-refractivity contribution in [3.8, 4) is 0 Å². The molecule has 1 aromatic carbocycles. The molecule has 3 rings (SSSR count). The Morgan fingerprint density at radius 3 is 2.71 bits per heavy atom. The summed E-state index contributed by atoms with van der Waals surface area (Å²) in [6.07, 6.45) is 3.07. The minimum Gasteiger partial charge on any atom is -0.312 e. The summed E-state index contributed by atoms with van der Waals surface area (Å²) in [5.74, 6) is 0.0868. The van der Waals surface area contributed by atoms with Crippen molar-refractivity contribution in [2.75, 3.05) is 11.4 Å². The number of nitrogens with zero attached hydrogens (tertiary/aromatic N) is 2. The number of aromatic nitrogens is 1. The molecular weight excluding hydrogens is 346 g/mol. The van der Waals surface area contributed by atoms with E-state index in [2.05, 4.69) is 9.71 Å². The lowest BCUT2D eigenvalue weighted by molar-refractivity contribution is -0.117. The molecule has 1 amide bonds. The molecule has 2 aromatic rings. The van der Waals surface area contributed by atoms with Gasteiger partial charge in [0.1, 0.15) is 0 Å². The summed E-state index contributed by atoms with van der Waals surface area (Å²) in [4.78, 5) is 18.7. The smallest absolute Gasteiger partial charge is 0.241 e. The average molecular weight is 365 g/mol. The van der Waals surface area contributed by atoms with Gasteiger partial charge in [0.05, 0.1) is 9.90 Å². The predicted octanol–water partition coefficient (Wildman–Crippen LogP) is 2.37. The van der Waals surface area contributed by atoms with E-state index in [1.54, 1.807) is 36.2 Å². The number of carbonyl (C=O) groups excluding carboxylic acids is 1. The first-order valence-electron chi connectivity index (χ1n) is 7.69. The summed E-state index contributed by atoms with van der Waals surface area (Å²) in [5, 5.41) is 0.903. The first kappa shape index (κ1) is 17.1. The summed E-state index contributed by atoms with van der Waals surface area (Å²) in [6.45, 7) is 4.54. The highest BCUT2D eigenvalue weighted by Crippen LogP contribution is 2.26. The van der Waals surface area contributed by atoms with E-state index in [9.17, 15) is 13.2 Å². The van der Waals surface area contributed by atoms with Crippen molar-refractivity contribution in [3.63, 3.8) is 0 Å². The molecule has 8 heteroatoms. The molecule has 1 saturated heterocycles. The van der Waals surface area contributed by atoms with Crippen molar-refractivity contribution < 1.29 is 13.2 Å². The quantitative estimate of drug-likeness (QED) is 0.882. The Labute approximate surface area is 145 Å². The van der Waals surface area contributed by atoms with Crippen LogP contribution in [-0.4, -0.2) is 25.9 Å². The van der Waals surface area contributed by atoms with Gasteiger partial charge in [-0.05, 0) is 44.0 Å². The molecule has 1 aromatic heterocycles. The van der Waals surface area contributed by atoms with Gasteiger partial charge < -0.3 is 4.90 Å². The zero-order valence-corrected chi connectivity index (χ0v) is 15.2. The first-order valence-corrected chi connectivity index (χ1v) is 9.99. The average Bonchev–Trinajstić information content (AvgIpc) is 3.13. The van der Waals surface area contributed by atoms with E-state index in [-0.39, 0.29) is 17.3 Å². The van der Waals surface area contributed by atoms with Crippen molar-refractivity contribution >= 4 is 33.0 Å². The summed E-state index contributed by atoms with van der Waals surface area (Å²) in [7, 11) is -3.61. The van der Waals surface area contributed by atoms with Gasteiger partial charge in [-0.2, -0.15) is 0 Å². The fourth-order valence-corrected chi connectivity index (χ4v) is 4.81. The number of sulfonamides is 1. The van der Waals surface area contributed by atoms with Crippen LogP contribution in [0.2, 0.25) is 0 Å². The van der Waals surface area contributed by atoms with E-state index >= 15 is 0 Å². The van der Waals surface area contributed by atoms with Crippen molar-refractivity contribution in [1.29, 1.82) is 0 Å². The van der Waals surface area contributed by atoms with Crippen LogP contribution >= 0.6 is 11.3 Å². The molecule has 128 valence electrons. The van der Waals surface area contributed by atoms with Crippen LogP contribution in [0.5, 0.6) is 0 Å². The van der Waals surface area contributed by atoms with Crippen molar-refractivity contribution in [2.24, 2.45) is 0 Å². The number of benzene rings is 1. The molecule has 1 aliphatic rings. The third-order valence-corrected chi connectivity index (χ3v) is 6.41. The van der Waals surface area contributed by atoms with Gasteiger partial charge in [-0.1, -0.05) is 0 Å². The van der Waals surface area contributed by atoms with Gasteiger partial charge in [0, 0.05) is 36.3 Å². The lowest BCUT2D eigenvalue weighted by atomic mass is 10.2. The second kappa shape index (κ2) is 6.62. The van der Waals surface area contributed by atoms with Crippen LogP contribution in [-0.2, 0) is 21.4 Å². The number of hydrogen-bond acceptors (Lipinski definition) is 5. The summed E-state index contributed by atoms with van der Waals surface area (Å²) in [5.41, 5.74) is 1.38. The Morgan fingerprint density at radius 1 is 1.33 bits per heavy atom. The zero-order chi connectivity index (χ0) is 17.3. The van der Waals surface area contributed by atoms with Gasteiger partial charge in [-0.25, -0.2) is 18.1 Å². The summed E-state index contributed by atoms with van der Waals surface area (Å²) < 4.78 is 27.7. The van der Waals surface area contributed by atoms with Gasteiger partial charge in [-0.15, -0.1) is 11.3 Å². The van der Waals surface area contributed by atoms with Crippen LogP contribution in [0.3, 0.4) is 0 Å². The molecule has 1 fully saturated rings. The summed E-state index contributed by atoms with van der Waals surface area (Å²) >= 11 is 1.47. The Bertz CT molecular complexity index is 874. The van der Waals surface area contributed by atoms with E-state index in [1.165, 1.54) is 11.3 Å². The van der Waals surface area contributed by atoms with Crippen LogP contribution in [0.15, 0.2) is 29.3 Å². The van der Waals surface area contributed by atoms with E-state index in [0.29, 0.717) is 18.5 Å². The molecule has 0 bridgehead atoms. The third kappa shape index (κ3) is 3.50. The molecule has 0 saturated carbocycles. The van der Waals surface area contributed by atoms with E-state index in [4.69, 9.17) is 0 Å².